The summed E-state index contributed by atoms with van der Waals surface area (Å²) in [5.41, 5.74) is 31.7. The maximum atomic E-state index is 4.91. The lowest BCUT2D eigenvalue weighted by molar-refractivity contribution is 0.930. The molecule has 272 valence electrons. The Hall–Kier alpha value is -6.78. The minimum absolute atomic E-state index is 0.0617. The Balaban J connectivity index is 1.30. The molecular formula is C53H34B2N4. The largest absolute Gasteiger partial charge is 0.311 e. The maximum Gasteiger partial charge on any atom is 0.252 e. The Bertz CT molecular complexity index is 3970. The van der Waals surface area contributed by atoms with Gasteiger partial charge in [0.05, 0.1) is 22.4 Å². The van der Waals surface area contributed by atoms with Crippen LogP contribution in [0.15, 0.2) is 109 Å². The highest BCUT2D eigenvalue weighted by Gasteiger charge is 2.53. The van der Waals surface area contributed by atoms with Gasteiger partial charge in [-0.05, 0) is 101 Å². The van der Waals surface area contributed by atoms with Crippen molar-refractivity contribution in [3.05, 3.63) is 143 Å². The van der Waals surface area contributed by atoms with Crippen LogP contribution in [0.25, 0.3) is 93.6 Å². The van der Waals surface area contributed by atoms with Crippen LogP contribution >= 0.6 is 0 Å². The highest BCUT2D eigenvalue weighted by atomic mass is 15.1. The van der Waals surface area contributed by atoms with Gasteiger partial charge in [0.1, 0.15) is 0 Å². The zero-order valence-electron chi connectivity index (χ0n) is 33.4. The number of aromatic nitrogens is 4. The van der Waals surface area contributed by atoms with Crippen LogP contribution in [0.2, 0.25) is 0 Å². The molecular weight excluding hydrogens is 714 g/mol. The smallest absolute Gasteiger partial charge is 0.252 e. The molecule has 59 heavy (non-hydrogen) atoms. The van der Waals surface area contributed by atoms with Gasteiger partial charge in [-0.25, -0.2) is 0 Å². The summed E-state index contributed by atoms with van der Waals surface area (Å²) < 4.78 is 8.23. The van der Waals surface area contributed by atoms with E-state index >= 15 is 0 Å². The van der Waals surface area contributed by atoms with E-state index in [1.165, 1.54) is 154 Å². The summed E-state index contributed by atoms with van der Waals surface area (Å²) >= 11 is 0. The summed E-state index contributed by atoms with van der Waals surface area (Å²) in [6.07, 6.45) is 4.07. The minimum atomic E-state index is 0.0617. The monoisotopic (exact) mass is 748 g/mol. The molecule has 1 unspecified atom stereocenters. The molecule has 16 rings (SSSR count). The van der Waals surface area contributed by atoms with E-state index in [0.717, 1.165) is 5.56 Å². The first-order chi connectivity index (χ1) is 28.9. The molecule has 0 amide bonds. The number of aryl methyl sites for hydroxylation is 4. The molecule has 6 heteroatoms. The molecule has 0 saturated carbocycles. The lowest BCUT2D eigenvalue weighted by atomic mass is 9.27. The van der Waals surface area contributed by atoms with Crippen molar-refractivity contribution in [2.45, 2.75) is 40.5 Å². The number of nitrogens with zero attached hydrogens (tertiary/aromatic N) is 4. The van der Waals surface area contributed by atoms with Crippen LogP contribution in [0, 0.1) is 27.7 Å². The average Bonchev–Trinajstić information content (AvgIpc) is 3.88. The summed E-state index contributed by atoms with van der Waals surface area (Å²) in [7, 11) is 0. The standard InChI is InChI=1S/C53H34B2N4/c1-24-8-12-32-34-14-10-26(3)41-47(34)57(38(32)21-24)51-40(29-7-6-20-56-23-29)52-46-53-45(51)54(41)42-27(4)11-15-36-37-19-17-31-28(5)30-16-18-35-33-13-9-25(2)22-39(33)58(52)49(35)43(30)55(46)44(31)50(37)59(53)48(36)42/h6-23,28H,1-5H3. The summed E-state index contributed by atoms with van der Waals surface area (Å²) in [6.45, 7) is 11.8. The molecule has 0 aliphatic carbocycles. The van der Waals surface area contributed by atoms with Gasteiger partial charge in [0, 0.05) is 89.5 Å². The molecule has 0 radical (unpaired) electrons. The Morgan fingerprint density at radius 3 is 1.51 bits per heavy atom. The van der Waals surface area contributed by atoms with Crippen LogP contribution in [0.3, 0.4) is 0 Å². The van der Waals surface area contributed by atoms with E-state index in [9.17, 15) is 0 Å². The Morgan fingerprint density at radius 2 is 0.949 bits per heavy atom. The van der Waals surface area contributed by atoms with Crippen LogP contribution in [0.5, 0.6) is 0 Å². The number of fused-ring (bicyclic) bond motifs is 11. The quantitative estimate of drug-likeness (QED) is 0.156. The van der Waals surface area contributed by atoms with Crippen molar-refractivity contribution in [3.8, 4) is 28.2 Å². The second-order valence-corrected chi connectivity index (χ2v) is 18.4. The van der Waals surface area contributed by atoms with E-state index in [1.54, 1.807) is 0 Å². The normalized spacial score (nSPS) is 15.6. The summed E-state index contributed by atoms with van der Waals surface area (Å²) in [4.78, 5) is 4.91. The van der Waals surface area contributed by atoms with E-state index < -0.39 is 0 Å². The topological polar surface area (TPSA) is 27.7 Å². The molecule has 11 aromatic rings. The third kappa shape index (κ3) is 3.00. The molecule has 0 spiro atoms. The van der Waals surface area contributed by atoms with Crippen molar-refractivity contribution in [1.29, 1.82) is 0 Å². The van der Waals surface area contributed by atoms with E-state index in [4.69, 9.17) is 4.98 Å². The Labute approximate surface area is 340 Å². The van der Waals surface area contributed by atoms with E-state index in [2.05, 4.69) is 152 Å². The third-order valence-electron chi connectivity index (χ3n) is 15.7. The van der Waals surface area contributed by atoms with Gasteiger partial charge in [-0.2, -0.15) is 0 Å². The van der Waals surface area contributed by atoms with Crippen molar-refractivity contribution in [3.63, 3.8) is 0 Å². The summed E-state index contributed by atoms with van der Waals surface area (Å²) in [6, 6.07) is 38.2. The molecule has 7 aromatic carbocycles. The van der Waals surface area contributed by atoms with Gasteiger partial charge in [-0.3, -0.25) is 4.98 Å². The lowest BCUT2D eigenvalue weighted by Gasteiger charge is -2.45. The zero-order chi connectivity index (χ0) is 38.6. The number of benzene rings is 7. The zero-order valence-corrected chi connectivity index (χ0v) is 33.4. The SMILES string of the molecule is Cc1ccc2c3ccc(C)c4c3n(c2c1)-c1c2c3c5c(c1-c1cccnc1)-n1c6cc(C)ccc6c6ccc7c(c61)B5c1c(ccc5c6ccc(C)c(c6n-3c15)B24)C7C. The first-order valence-electron chi connectivity index (χ1n) is 21.3. The van der Waals surface area contributed by atoms with Gasteiger partial charge in [0.15, 0.2) is 0 Å². The first kappa shape index (κ1) is 30.3. The molecule has 0 fully saturated rings. The molecule has 0 N–H and O–H groups in total. The predicted molar refractivity (Wildman–Crippen MR) is 248 cm³/mol. The molecule has 1 atom stereocenters. The Kier molecular flexibility index (Phi) is 4.83. The number of rotatable bonds is 1. The van der Waals surface area contributed by atoms with Crippen LogP contribution in [-0.2, 0) is 0 Å². The van der Waals surface area contributed by atoms with E-state index in [0.29, 0.717) is 0 Å². The van der Waals surface area contributed by atoms with Crippen LogP contribution in [0.4, 0.5) is 0 Å². The molecule has 4 nitrogen and oxygen atoms in total. The molecule has 5 aliphatic heterocycles. The number of hydrogen-bond donors (Lipinski definition) is 0. The van der Waals surface area contributed by atoms with Crippen molar-refractivity contribution < 1.29 is 0 Å². The van der Waals surface area contributed by atoms with Crippen LogP contribution in [0.1, 0.15) is 46.2 Å². The second kappa shape index (κ2) is 9.40. The third-order valence-corrected chi connectivity index (χ3v) is 15.7. The first-order valence-corrected chi connectivity index (χ1v) is 21.3. The van der Waals surface area contributed by atoms with Gasteiger partial charge >= 0.3 is 0 Å². The number of hydrogen-bond acceptors (Lipinski definition) is 1. The molecule has 4 aromatic heterocycles. The van der Waals surface area contributed by atoms with Gasteiger partial charge in [0.2, 0.25) is 0 Å². The van der Waals surface area contributed by atoms with Crippen molar-refractivity contribution in [1.82, 2.24) is 18.7 Å². The summed E-state index contributed by atoms with van der Waals surface area (Å²) in [5.74, 6) is 0.275. The fourth-order valence-electron chi connectivity index (χ4n) is 13.6. The van der Waals surface area contributed by atoms with E-state index in [1.807, 2.05) is 6.20 Å². The second-order valence-electron chi connectivity index (χ2n) is 18.4. The van der Waals surface area contributed by atoms with Gasteiger partial charge in [0.25, 0.3) is 13.4 Å². The predicted octanol–water partition coefficient (Wildman–Crippen LogP) is 8.02. The van der Waals surface area contributed by atoms with Gasteiger partial charge in [-0.1, -0.05) is 96.9 Å². The van der Waals surface area contributed by atoms with Crippen molar-refractivity contribution in [2.24, 2.45) is 0 Å². The molecule has 0 saturated heterocycles. The van der Waals surface area contributed by atoms with Crippen LogP contribution in [-0.4, -0.2) is 32.1 Å². The highest BCUT2D eigenvalue weighted by Crippen LogP contribution is 2.50. The van der Waals surface area contributed by atoms with Gasteiger partial charge < -0.3 is 13.7 Å². The van der Waals surface area contributed by atoms with Crippen molar-refractivity contribution in [2.75, 3.05) is 0 Å². The van der Waals surface area contributed by atoms with Crippen LogP contribution < -0.4 is 32.8 Å². The van der Waals surface area contributed by atoms with Crippen molar-refractivity contribution >= 4 is 112 Å². The summed E-state index contributed by atoms with van der Waals surface area (Å²) in [5, 5.41) is 8.08. The lowest BCUT2D eigenvalue weighted by Crippen LogP contribution is -2.69. The average molecular weight is 749 g/mol. The molecule has 9 heterocycles. The Morgan fingerprint density at radius 1 is 0.475 bits per heavy atom. The molecule has 0 bridgehead atoms. The fourth-order valence-corrected chi connectivity index (χ4v) is 13.6. The van der Waals surface area contributed by atoms with Gasteiger partial charge in [-0.15, -0.1) is 0 Å². The molecule has 5 aliphatic rings. The van der Waals surface area contributed by atoms with E-state index in [-0.39, 0.29) is 19.3 Å². The number of pyridine rings is 1. The minimum Gasteiger partial charge on any atom is -0.311 e. The fraction of sp³-hybridized carbons (Fsp3) is 0.113. The highest BCUT2D eigenvalue weighted by molar-refractivity contribution is 7.05. The maximum absolute atomic E-state index is 4.91.